The van der Waals surface area contributed by atoms with Crippen molar-refractivity contribution in [2.45, 2.75) is 25.6 Å². The van der Waals surface area contributed by atoms with Gasteiger partial charge in [-0.2, -0.15) is 13.2 Å². The van der Waals surface area contributed by atoms with Crippen LogP contribution in [0.5, 0.6) is 0 Å². The lowest BCUT2D eigenvalue weighted by Gasteiger charge is -2.23. The molecule has 20 heavy (non-hydrogen) atoms. The Bertz CT molecular complexity index is 461. The van der Waals surface area contributed by atoms with Gasteiger partial charge in [-0.25, -0.2) is 4.39 Å². The number of rotatable bonds is 4. The molecule has 1 aromatic rings. The van der Waals surface area contributed by atoms with Gasteiger partial charge in [0.25, 0.3) is 0 Å². The molecule has 0 saturated carbocycles. The molecule has 1 aliphatic rings. The average Bonchev–Trinajstić information content (AvgIpc) is 2.83. The van der Waals surface area contributed by atoms with Gasteiger partial charge in [0.1, 0.15) is 5.82 Å². The van der Waals surface area contributed by atoms with Gasteiger partial charge < -0.3 is 10.1 Å². The van der Waals surface area contributed by atoms with Gasteiger partial charge in [-0.05, 0) is 30.7 Å². The number of alkyl halides is 3. The van der Waals surface area contributed by atoms with Crippen molar-refractivity contribution in [2.24, 2.45) is 5.92 Å². The molecule has 6 heteroatoms. The minimum atomic E-state index is -4.58. The highest BCUT2D eigenvalue weighted by molar-refractivity contribution is 5.33. The van der Waals surface area contributed by atoms with Crippen molar-refractivity contribution in [3.63, 3.8) is 0 Å². The number of ether oxygens (including phenoxy) is 1. The van der Waals surface area contributed by atoms with Crippen LogP contribution >= 0.6 is 0 Å². The van der Waals surface area contributed by atoms with Crippen molar-refractivity contribution in [3.05, 3.63) is 35.1 Å². The summed E-state index contributed by atoms with van der Waals surface area (Å²) in [4.78, 5) is 0. The molecule has 1 N–H and O–H groups in total. The summed E-state index contributed by atoms with van der Waals surface area (Å²) in [5.74, 6) is -0.913. The first kappa shape index (κ1) is 15.3. The average molecular weight is 291 g/mol. The molecule has 2 rings (SSSR count). The first-order valence-corrected chi connectivity index (χ1v) is 6.62. The molecule has 1 fully saturated rings. The van der Waals surface area contributed by atoms with Crippen LogP contribution in [0.2, 0.25) is 0 Å². The van der Waals surface area contributed by atoms with E-state index in [-0.39, 0.29) is 11.5 Å². The molecule has 1 aromatic carbocycles. The Morgan fingerprint density at radius 2 is 2.10 bits per heavy atom. The fraction of sp³-hybridized carbons (Fsp3) is 0.571. The van der Waals surface area contributed by atoms with E-state index in [1.165, 1.54) is 6.07 Å². The van der Waals surface area contributed by atoms with Crippen LogP contribution in [-0.2, 0) is 10.9 Å². The first-order valence-electron chi connectivity index (χ1n) is 6.62. The molecule has 0 radical (unpaired) electrons. The maximum absolute atomic E-state index is 13.1. The summed E-state index contributed by atoms with van der Waals surface area (Å²) in [5, 5.41) is 3.12. The monoisotopic (exact) mass is 291 g/mol. The van der Waals surface area contributed by atoms with Gasteiger partial charge in [0.05, 0.1) is 11.7 Å². The zero-order chi connectivity index (χ0) is 14.8. The molecule has 1 heterocycles. The summed E-state index contributed by atoms with van der Waals surface area (Å²) in [5.41, 5.74) is -0.912. The zero-order valence-electron chi connectivity index (χ0n) is 11.1. The highest BCUT2D eigenvalue weighted by Crippen LogP contribution is 2.41. The Balaban J connectivity index is 2.31. The highest BCUT2D eigenvalue weighted by Gasteiger charge is 2.39. The quantitative estimate of drug-likeness (QED) is 0.857. The third-order valence-corrected chi connectivity index (χ3v) is 3.50. The second-order valence-electron chi connectivity index (χ2n) is 4.88. The summed E-state index contributed by atoms with van der Waals surface area (Å²) in [6, 6.07) is 2.78. The lowest BCUT2D eigenvalue weighted by molar-refractivity contribution is -0.139. The van der Waals surface area contributed by atoms with E-state index < -0.39 is 23.7 Å². The van der Waals surface area contributed by atoms with E-state index in [0.29, 0.717) is 25.6 Å². The Morgan fingerprint density at radius 1 is 1.35 bits per heavy atom. The molecule has 2 nitrogen and oxygen atoms in total. The minimum absolute atomic E-state index is 0.0264. The Morgan fingerprint density at radius 3 is 2.75 bits per heavy atom. The molecule has 0 spiro atoms. The van der Waals surface area contributed by atoms with Gasteiger partial charge in [-0.1, -0.05) is 13.0 Å². The maximum Gasteiger partial charge on any atom is 0.416 e. The predicted molar refractivity (Wildman–Crippen MR) is 66.7 cm³/mol. The molecule has 2 atom stereocenters. The molecular weight excluding hydrogens is 274 g/mol. The van der Waals surface area contributed by atoms with Crippen LogP contribution < -0.4 is 5.32 Å². The fourth-order valence-corrected chi connectivity index (χ4v) is 2.54. The van der Waals surface area contributed by atoms with Crippen molar-refractivity contribution in [1.29, 1.82) is 0 Å². The molecule has 0 bridgehead atoms. The van der Waals surface area contributed by atoms with Crippen LogP contribution in [0, 0.1) is 11.7 Å². The number of halogens is 4. The maximum atomic E-state index is 13.1. The largest absolute Gasteiger partial charge is 0.416 e. The molecule has 0 amide bonds. The number of nitrogens with one attached hydrogen (secondary N) is 1. The molecule has 112 valence electrons. The van der Waals surface area contributed by atoms with Crippen LogP contribution in [-0.4, -0.2) is 19.7 Å². The molecule has 0 aliphatic carbocycles. The van der Waals surface area contributed by atoms with E-state index in [1.54, 1.807) is 0 Å². The molecule has 2 unspecified atom stereocenters. The van der Waals surface area contributed by atoms with Crippen molar-refractivity contribution in [3.8, 4) is 0 Å². The van der Waals surface area contributed by atoms with E-state index in [2.05, 4.69) is 5.32 Å². The van der Waals surface area contributed by atoms with E-state index in [1.807, 2.05) is 6.92 Å². The summed E-state index contributed by atoms with van der Waals surface area (Å²) >= 11 is 0. The van der Waals surface area contributed by atoms with Gasteiger partial charge in [-0.3, -0.25) is 0 Å². The van der Waals surface area contributed by atoms with E-state index >= 15 is 0 Å². The number of hydrogen-bond acceptors (Lipinski definition) is 2. The predicted octanol–water partition coefficient (Wildman–Crippen LogP) is 3.53. The van der Waals surface area contributed by atoms with Crippen molar-refractivity contribution >= 4 is 0 Å². The third-order valence-electron chi connectivity index (χ3n) is 3.50. The van der Waals surface area contributed by atoms with Gasteiger partial charge in [0, 0.05) is 19.1 Å². The van der Waals surface area contributed by atoms with Crippen LogP contribution in [0.3, 0.4) is 0 Å². The van der Waals surface area contributed by atoms with Crippen LogP contribution in [0.1, 0.15) is 30.6 Å². The molecule has 0 aromatic heterocycles. The van der Waals surface area contributed by atoms with Crippen molar-refractivity contribution < 1.29 is 22.3 Å². The molecular formula is C14H17F4NO. The topological polar surface area (TPSA) is 21.3 Å². The Labute approximate surface area is 115 Å². The standard InChI is InChI=1S/C14H17F4NO/c1-2-19-8-9-5-6-20-13(9)11-4-3-10(15)7-12(11)14(16,17)18/h3-4,7,9,13,19H,2,5-6,8H2,1H3. The Hall–Kier alpha value is -1.14. The van der Waals surface area contributed by atoms with Gasteiger partial charge in [0.2, 0.25) is 0 Å². The number of benzene rings is 1. The van der Waals surface area contributed by atoms with Gasteiger partial charge >= 0.3 is 6.18 Å². The molecule has 1 aliphatic heterocycles. The lowest BCUT2D eigenvalue weighted by Crippen LogP contribution is -2.25. The van der Waals surface area contributed by atoms with Crippen LogP contribution in [0.4, 0.5) is 17.6 Å². The highest BCUT2D eigenvalue weighted by atomic mass is 19.4. The second kappa shape index (κ2) is 6.10. The summed E-state index contributed by atoms with van der Waals surface area (Å²) in [7, 11) is 0. The summed E-state index contributed by atoms with van der Waals surface area (Å²) in [6.07, 6.45) is -4.51. The number of hydrogen-bond donors (Lipinski definition) is 1. The third kappa shape index (κ3) is 3.30. The summed E-state index contributed by atoms with van der Waals surface area (Å²) < 4.78 is 57.6. The first-order chi connectivity index (χ1) is 9.43. The molecule has 1 saturated heterocycles. The fourth-order valence-electron chi connectivity index (χ4n) is 2.54. The van der Waals surface area contributed by atoms with E-state index in [4.69, 9.17) is 4.74 Å². The van der Waals surface area contributed by atoms with E-state index in [9.17, 15) is 17.6 Å². The van der Waals surface area contributed by atoms with Crippen LogP contribution in [0.15, 0.2) is 18.2 Å². The SMILES string of the molecule is CCNCC1CCOC1c1ccc(F)cc1C(F)(F)F. The Kier molecular flexibility index (Phi) is 4.65. The second-order valence-corrected chi connectivity index (χ2v) is 4.88. The normalized spacial score (nSPS) is 23.2. The van der Waals surface area contributed by atoms with Crippen LogP contribution in [0.25, 0.3) is 0 Å². The van der Waals surface area contributed by atoms with E-state index in [0.717, 1.165) is 12.6 Å². The summed E-state index contributed by atoms with van der Waals surface area (Å²) in [6.45, 7) is 3.70. The zero-order valence-corrected chi connectivity index (χ0v) is 11.1. The minimum Gasteiger partial charge on any atom is -0.373 e. The smallest absolute Gasteiger partial charge is 0.373 e. The van der Waals surface area contributed by atoms with Gasteiger partial charge in [0.15, 0.2) is 0 Å². The van der Waals surface area contributed by atoms with Gasteiger partial charge in [-0.15, -0.1) is 0 Å². The van der Waals surface area contributed by atoms with Crippen molar-refractivity contribution in [2.75, 3.05) is 19.7 Å². The van der Waals surface area contributed by atoms with Crippen molar-refractivity contribution in [1.82, 2.24) is 5.32 Å². The lowest BCUT2D eigenvalue weighted by atomic mass is 9.91.